The smallest absolute Gasteiger partial charge is 0.416 e. The first-order chi connectivity index (χ1) is 28.7. The van der Waals surface area contributed by atoms with E-state index in [1.165, 1.54) is 18.3 Å². The second-order valence-corrected chi connectivity index (χ2v) is 16.4. The van der Waals surface area contributed by atoms with E-state index in [-0.39, 0.29) is 57.0 Å². The number of anilines is 2. The van der Waals surface area contributed by atoms with Gasteiger partial charge in [-0.2, -0.15) is 13.2 Å². The van der Waals surface area contributed by atoms with Crippen molar-refractivity contribution >= 4 is 61.8 Å². The predicted octanol–water partition coefficient (Wildman–Crippen LogP) is 9.99. The van der Waals surface area contributed by atoms with E-state index in [0.717, 1.165) is 48.4 Å². The highest BCUT2D eigenvalue weighted by Gasteiger charge is 2.36. The molecule has 61 heavy (non-hydrogen) atoms. The Kier molecular flexibility index (Phi) is 16.5. The van der Waals surface area contributed by atoms with Gasteiger partial charge in [0, 0.05) is 30.9 Å². The number of aryl methyl sites for hydroxylation is 2. The fourth-order valence-corrected chi connectivity index (χ4v) is 7.36. The number of carbonyl (C=O) groups is 2. The highest BCUT2D eigenvalue weighted by atomic mass is 35.5. The molecule has 1 fully saturated rings. The lowest BCUT2D eigenvalue weighted by atomic mass is 10.0. The number of amides is 1. The van der Waals surface area contributed by atoms with Crippen molar-refractivity contribution in [2.75, 3.05) is 36.5 Å². The molecule has 1 heterocycles. The van der Waals surface area contributed by atoms with Gasteiger partial charge >= 0.3 is 6.18 Å². The summed E-state index contributed by atoms with van der Waals surface area (Å²) >= 11 is 11.7. The number of alkyl halides is 4. The summed E-state index contributed by atoms with van der Waals surface area (Å²) in [6, 6.07) is 19.7. The van der Waals surface area contributed by atoms with E-state index in [2.05, 4.69) is 18.1 Å². The van der Waals surface area contributed by atoms with E-state index >= 15 is 0 Å². The van der Waals surface area contributed by atoms with Crippen LogP contribution in [0.4, 0.5) is 30.2 Å². The molecule has 0 spiro atoms. The second kappa shape index (κ2) is 20.9. The molecular formula is C42H43Cl2F3N4O9S. The lowest BCUT2D eigenvalue weighted by Gasteiger charge is -2.31. The van der Waals surface area contributed by atoms with E-state index in [0.29, 0.717) is 30.2 Å². The fraction of sp³-hybridized carbons (Fsp3) is 0.310. The number of nitrogens with zero attached hydrogens (tertiary/aromatic N) is 3. The summed E-state index contributed by atoms with van der Waals surface area (Å²) in [5, 5.41) is 14.3. The number of ether oxygens (including phenoxy) is 2. The van der Waals surface area contributed by atoms with Gasteiger partial charge in [0.2, 0.25) is 5.91 Å². The number of ketones is 1. The Labute approximate surface area is 360 Å². The zero-order valence-corrected chi connectivity index (χ0v) is 36.0. The van der Waals surface area contributed by atoms with Crippen molar-refractivity contribution in [3.8, 4) is 11.5 Å². The van der Waals surface area contributed by atoms with Crippen LogP contribution in [0.3, 0.4) is 0 Å². The molecule has 326 valence electrons. The summed E-state index contributed by atoms with van der Waals surface area (Å²) in [6.45, 7) is 6.56. The monoisotopic (exact) mass is 906 g/mol. The molecule has 1 aliphatic carbocycles. The number of aromatic nitrogens is 1. The molecule has 0 radical (unpaired) electrons. The molecule has 0 bridgehead atoms. The SMILES string of the molecule is CCc1cccc(C)c1N(C(=O)CCl)C(C)COC.CS(=O)(=O)c1cc(C(F)(F)F)ccc1C(=O)c1cnoc1C1CC1.Nc1c([N+](=O)[O-])ccc(Oc2ccccc2)c1Cl. The number of sulfone groups is 1. The number of halogens is 5. The summed E-state index contributed by atoms with van der Waals surface area (Å²) in [7, 11) is -2.40. The number of nitro groups is 1. The van der Waals surface area contributed by atoms with E-state index in [9.17, 15) is 41.3 Å². The van der Waals surface area contributed by atoms with Gasteiger partial charge in [-0.1, -0.05) is 60.1 Å². The molecule has 4 aromatic carbocycles. The Morgan fingerprint density at radius 1 is 1.07 bits per heavy atom. The molecule has 1 aromatic heterocycles. The third-order valence-electron chi connectivity index (χ3n) is 9.21. The Morgan fingerprint density at radius 2 is 1.74 bits per heavy atom. The maximum Gasteiger partial charge on any atom is 0.416 e. The van der Waals surface area contributed by atoms with Gasteiger partial charge in [-0.05, 0) is 80.6 Å². The predicted molar refractivity (Wildman–Crippen MR) is 226 cm³/mol. The highest BCUT2D eigenvalue weighted by molar-refractivity contribution is 7.90. The van der Waals surface area contributed by atoms with E-state index in [1.54, 1.807) is 36.3 Å². The van der Waals surface area contributed by atoms with Gasteiger partial charge in [0.1, 0.15) is 28.1 Å². The molecular weight excluding hydrogens is 864 g/mol. The molecule has 1 aliphatic rings. The number of para-hydroxylation sites is 2. The average Bonchev–Trinajstić information content (AvgIpc) is 3.95. The Bertz CT molecular complexity index is 2460. The van der Waals surface area contributed by atoms with Gasteiger partial charge < -0.3 is 24.6 Å². The lowest BCUT2D eigenvalue weighted by Crippen LogP contribution is -2.43. The van der Waals surface area contributed by atoms with Crippen LogP contribution in [0.15, 0.2) is 94.5 Å². The summed E-state index contributed by atoms with van der Waals surface area (Å²) in [5.74, 6) is 0.425. The minimum absolute atomic E-state index is 0.0223. The first kappa shape index (κ1) is 48.2. The van der Waals surface area contributed by atoms with Crippen molar-refractivity contribution < 1.29 is 50.1 Å². The van der Waals surface area contributed by atoms with Crippen molar-refractivity contribution in [3.63, 3.8) is 0 Å². The number of carbonyl (C=O) groups excluding carboxylic acids is 2. The molecule has 2 N–H and O–H groups in total. The lowest BCUT2D eigenvalue weighted by molar-refractivity contribution is -0.383. The standard InChI is InChI=1S/C15H22ClNO2.C15H12F3NO4S.C12H9ClN2O3/c1-5-13-8-6-7-11(2)15(13)17(14(18)9-16)12(3)10-19-4;1-24(21,22)12-6-9(15(16,17)18)4-5-10(12)13(20)11-7-19-23-14(11)8-2-3-8;13-11-10(18-8-4-2-1-3-5-8)7-6-9(12(11)14)15(16)17/h6-8,12H,5,9-10H2,1-4H3;4-8H,2-3H2,1H3;1-7H,14H2. The zero-order valence-electron chi connectivity index (χ0n) is 33.7. The van der Waals surface area contributed by atoms with E-state index in [4.69, 9.17) is 42.9 Å². The van der Waals surface area contributed by atoms with Crippen molar-refractivity contribution in [2.24, 2.45) is 0 Å². The van der Waals surface area contributed by atoms with Crippen LogP contribution in [0.2, 0.25) is 5.02 Å². The summed E-state index contributed by atoms with van der Waals surface area (Å²) in [6.07, 6.45) is -0.266. The Balaban J connectivity index is 0.000000204. The topological polar surface area (TPSA) is 185 Å². The largest absolute Gasteiger partial charge is 0.456 e. The van der Waals surface area contributed by atoms with Gasteiger partial charge in [0.15, 0.2) is 21.4 Å². The van der Waals surface area contributed by atoms with Crippen LogP contribution in [0, 0.1) is 17.0 Å². The van der Waals surface area contributed by atoms with Crippen LogP contribution in [0.25, 0.3) is 0 Å². The van der Waals surface area contributed by atoms with E-state index in [1.807, 2.05) is 32.0 Å². The number of nitrogen functional groups attached to an aromatic ring is 1. The molecule has 0 aliphatic heterocycles. The van der Waals surface area contributed by atoms with Gasteiger partial charge in [-0.25, -0.2) is 8.42 Å². The van der Waals surface area contributed by atoms with Crippen LogP contribution in [-0.4, -0.2) is 62.1 Å². The zero-order chi connectivity index (χ0) is 45.2. The molecule has 6 rings (SSSR count). The quantitative estimate of drug-likeness (QED) is 0.0390. The molecule has 1 atom stereocenters. The first-order valence-electron chi connectivity index (χ1n) is 18.6. The van der Waals surface area contributed by atoms with E-state index < -0.39 is 37.2 Å². The number of nitrogens with two attached hydrogens (primary N) is 1. The minimum Gasteiger partial charge on any atom is -0.456 e. The fourth-order valence-electron chi connectivity index (χ4n) is 6.13. The van der Waals surface area contributed by atoms with Crippen LogP contribution >= 0.6 is 23.2 Å². The van der Waals surface area contributed by atoms with Crippen molar-refractivity contribution in [2.45, 2.75) is 63.1 Å². The van der Waals surface area contributed by atoms with Crippen LogP contribution in [0.1, 0.15) is 71.0 Å². The molecule has 5 aromatic rings. The van der Waals surface area contributed by atoms with Crippen molar-refractivity contribution in [1.82, 2.24) is 5.16 Å². The number of rotatable bonds is 13. The number of hydrogen-bond acceptors (Lipinski definition) is 11. The van der Waals surface area contributed by atoms with Crippen molar-refractivity contribution in [3.05, 3.63) is 134 Å². The molecule has 1 saturated carbocycles. The van der Waals surface area contributed by atoms with Gasteiger partial charge in [0.05, 0.1) is 45.5 Å². The van der Waals surface area contributed by atoms with Crippen LogP contribution in [0.5, 0.6) is 11.5 Å². The maximum absolute atomic E-state index is 12.8. The Hall–Kier alpha value is -5.49. The van der Waals surface area contributed by atoms with Gasteiger partial charge in [-0.15, -0.1) is 11.6 Å². The third kappa shape index (κ3) is 12.3. The molecule has 0 saturated heterocycles. The molecule has 1 amide bonds. The summed E-state index contributed by atoms with van der Waals surface area (Å²) < 4.78 is 78.0. The highest BCUT2D eigenvalue weighted by Crippen LogP contribution is 2.43. The molecule has 13 nitrogen and oxygen atoms in total. The number of nitro benzene ring substituents is 1. The number of methoxy groups -OCH3 is 1. The van der Waals surface area contributed by atoms with Gasteiger partial charge in [-0.3, -0.25) is 19.7 Å². The normalized spacial score (nSPS) is 12.9. The molecule has 19 heteroatoms. The van der Waals surface area contributed by atoms with Crippen LogP contribution < -0.4 is 15.4 Å². The third-order valence-corrected chi connectivity index (χ3v) is 11.0. The van der Waals surface area contributed by atoms with Crippen molar-refractivity contribution in [1.29, 1.82) is 0 Å². The first-order valence-corrected chi connectivity index (χ1v) is 21.4. The average molecular weight is 908 g/mol. The van der Waals surface area contributed by atoms with Crippen LogP contribution in [-0.2, 0) is 32.0 Å². The van der Waals surface area contributed by atoms with Gasteiger partial charge in [0.25, 0.3) is 5.69 Å². The summed E-state index contributed by atoms with van der Waals surface area (Å²) in [4.78, 5) is 36.0. The summed E-state index contributed by atoms with van der Waals surface area (Å²) in [5.41, 5.74) is 7.09. The number of hydrogen-bond donors (Lipinski definition) is 1. The minimum atomic E-state index is -4.71. The number of benzene rings is 4. The molecule has 1 unspecified atom stereocenters. The second-order valence-electron chi connectivity index (χ2n) is 13.8. The Morgan fingerprint density at radius 3 is 2.30 bits per heavy atom. The maximum atomic E-state index is 12.8.